The smallest absolute Gasteiger partial charge is 0.156 e. The maximum atomic E-state index is 10.8. The van der Waals surface area contributed by atoms with Crippen LogP contribution in [-0.2, 0) is 0 Å². The normalized spacial score (nSPS) is 13.1. The van der Waals surface area contributed by atoms with E-state index in [-0.39, 0.29) is 11.4 Å². The van der Waals surface area contributed by atoms with Crippen LogP contribution >= 0.6 is 0 Å². The molecule has 18 heavy (non-hydrogen) atoms. The van der Waals surface area contributed by atoms with E-state index in [2.05, 4.69) is 5.18 Å². The van der Waals surface area contributed by atoms with Gasteiger partial charge in [0.25, 0.3) is 0 Å². The molecular formula is C14H11NO3. The first-order valence-corrected chi connectivity index (χ1v) is 5.60. The molecule has 1 aliphatic rings. The van der Waals surface area contributed by atoms with Crippen LogP contribution < -0.4 is 4.74 Å². The van der Waals surface area contributed by atoms with Gasteiger partial charge in [0.2, 0.25) is 0 Å². The molecule has 0 radical (unpaired) electrons. The first-order chi connectivity index (χ1) is 8.65. The van der Waals surface area contributed by atoms with Crippen molar-refractivity contribution in [3.8, 4) is 11.5 Å². The molecule has 0 unspecified atom stereocenters. The van der Waals surface area contributed by atoms with Crippen molar-refractivity contribution in [2.45, 2.75) is 13.8 Å². The first kappa shape index (κ1) is 10.8. The summed E-state index contributed by atoms with van der Waals surface area (Å²) in [4.78, 5) is 10.8. The Morgan fingerprint density at radius 1 is 1.28 bits per heavy atom. The van der Waals surface area contributed by atoms with Crippen molar-refractivity contribution < 1.29 is 9.84 Å². The van der Waals surface area contributed by atoms with Gasteiger partial charge in [0.1, 0.15) is 5.75 Å². The Hall–Kier alpha value is -2.36. The van der Waals surface area contributed by atoms with Crippen LogP contribution in [0.4, 0.5) is 5.69 Å². The van der Waals surface area contributed by atoms with Gasteiger partial charge in [-0.05, 0) is 30.2 Å². The second kappa shape index (κ2) is 3.57. The molecule has 0 saturated carbocycles. The largest absolute Gasteiger partial charge is 0.505 e. The van der Waals surface area contributed by atoms with Gasteiger partial charge >= 0.3 is 0 Å². The van der Waals surface area contributed by atoms with Crippen molar-refractivity contribution in [3.05, 3.63) is 40.5 Å². The van der Waals surface area contributed by atoms with Gasteiger partial charge < -0.3 is 9.84 Å². The molecule has 90 valence electrons. The number of rotatable bonds is 1. The Labute approximate surface area is 103 Å². The molecule has 1 heterocycles. The summed E-state index contributed by atoms with van der Waals surface area (Å²) < 4.78 is 5.56. The van der Waals surface area contributed by atoms with Crippen molar-refractivity contribution in [2.24, 2.45) is 5.18 Å². The molecule has 0 aliphatic carbocycles. The van der Waals surface area contributed by atoms with E-state index in [1.165, 1.54) is 0 Å². The Bertz CT molecular complexity index is 717. The summed E-state index contributed by atoms with van der Waals surface area (Å²) in [5.74, 6) is 0.514. The minimum absolute atomic E-state index is 0.0441. The van der Waals surface area contributed by atoms with Gasteiger partial charge in [-0.3, -0.25) is 0 Å². The summed E-state index contributed by atoms with van der Waals surface area (Å²) in [7, 11) is 0. The maximum absolute atomic E-state index is 10.8. The summed E-state index contributed by atoms with van der Waals surface area (Å²) in [5.41, 5.74) is 2.59. The lowest BCUT2D eigenvalue weighted by atomic mass is 9.94. The first-order valence-electron chi connectivity index (χ1n) is 5.60. The highest BCUT2D eigenvalue weighted by Crippen LogP contribution is 2.48. The Morgan fingerprint density at radius 2 is 2.06 bits per heavy atom. The lowest BCUT2D eigenvalue weighted by Gasteiger charge is -2.20. The molecule has 0 aromatic heterocycles. The average Bonchev–Trinajstić information content (AvgIpc) is 2.38. The molecule has 0 saturated heterocycles. The molecule has 2 aromatic rings. The molecule has 0 fully saturated rings. The van der Waals surface area contributed by atoms with Crippen molar-refractivity contribution in [3.63, 3.8) is 0 Å². The van der Waals surface area contributed by atoms with E-state index in [0.717, 1.165) is 16.5 Å². The van der Waals surface area contributed by atoms with Crippen molar-refractivity contribution in [1.82, 2.24) is 0 Å². The highest BCUT2D eigenvalue weighted by Gasteiger charge is 2.22. The summed E-state index contributed by atoms with van der Waals surface area (Å²) in [6.45, 7) is 3.66. The summed E-state index contributed by atoms with van der Waals surface area (Å²) in [6.07, 6.45) is 1.65. The number of ether oxygens (including phenoxy) is 1. The second-order valence-electron chi connectivity index (χ2n) is 4.39. The maximum Gasteiger partial charge on any atom is 0.156 e. The van der Waals surface area contributed by atoms with Gasteiger partial charge in [-0.25, -0.2) is 0 Å². The second-order valence-corrected chi connectivity index (χ2v) is 4.39. The van der Waals surface area contributed by atoms with Gasteiger partial charge in [0.05, 0.1) is 6.26 Å². The molecule has 1 N–H and O–H groups in total. The third-order valence-electron chi connectivity index (χ3n) is 3.34. The zero-order valence-electron chi connectivity index (χ0n) is 10.0. The molecule has 4 nitrogen and oxygen atoms in total. The molecule has 0 spiro atoms. The number of allylic oxidation sites excluding steroid dienone is 1. The molecule has 0 atom stereocenters. The van der Waals surface area contributed by atoms with Crippen LogP contribution in [-0.4, -0.2) is 5.11 Å². The average molecular weight is 241 g/mol. The van der Waals surface area contributed by atoms with Gasteiger partial charge in [0.15, 0.2) is 11.4 Å². The van der Waals surface area contributed by atoms with Crippen LogP contribution in [0.2, 0.25) is 0 Å². The molecule has 3 rings (SSSR count). The fraction of sp³-hybridized carbons (Fsp3) is 0.143. The van der Waals surface area contributed by atoms with E-state index in [4.69, 9.17) is 4.74 Å². The van der Waals surface area contributed by atoms with Crippen molar-refractivity contribution in [1.29, 1.82) is 0 Å². The lowest BCUT2D eigenvalue weighted by Crippen LogP contribution is -1.99. The number of phenolic OH excluding ortho intramolecular Hbond substituents is 1. The van der Waals surface area contributed by atoms with Crippen LogP contribution in [0.3, 0.4) is 0 Å². The highest BCUT2D eigenvalue weighted by atomic mass is 16.5. The SMILES string of the molecule is CC1=COc2c(C)c(N=O)c(O)c3cccc1c23. The quantitative estimate of drug-likeness (QED) is 0.767. The van der Waals surface area contributed by atoms with E-state index in [0.29, 0.717) is 16.7 Å². The van der Waals surface area contributed by atoms with Crippen LogP contribution in [0.5, 0.6) is 11.5 Å². The molecule has 4 heteroatoms. The summed E-state index contributed by atoms with van der Waals surface area (Å²) in [5, 5.41) is 14.4. The lowest BCUT2D eigenvalue weighted by molar-refractivity contribution is 0.470. The van der Waals surface area contributed by atoms with E-state index in [9.17, 15) is 10.0 Å². The third kappa shape index (κ3) is 1.20. The van der Waals surface area contributed by atoms with E-state index in [1.54, 1.807) is 19.3 Å². The van der Waals surface area contributed by atoms with E-state index in [1.807, 2.05) is 19.1 Å². The van der Waals surface area contributed by atoms with Crippen LogP contribution in [0.25, 0.3) is 16.3 Å². The fourth-order valence-corrected chi connectivity index (χ4v) is 2.39. The predicted octanol–water partition coefficient (Wildman–Crippen LogP) is 4.00. The number of phenols is 1. The van der Waals surface area contributed by atoms with E-state index < -0.39 is 0 Å². The number of hydrogen-bond donors (Lipinski definition) is 1. The van der Waals surface area contributed by atoms with Gasteiger partial charge in [0, 0.05) is 16.3 Å². The fourth-order valence-electron chi connectivity index (χ4n) is 2.39. The Kier molecular flexibility index (Phi) is 2.13. The Balaban J connectivity index is 2.58. The Morgan fingerprint density at radius 3 is 2.78 bits per heavy atom. The summed E-state index contributed by atoms with van der Waals surface area (Å²) >= 11 is 0. The van der Waals surface area contributed by atoms with Gasteiger partial charge in [-0.1, -0.05) is 18.2 Å². The van der Waals surface area contributed by atoms with E-state index >= 15 is 0 Å². The number of hydrogen-bond acceptors (Lipinski definition) is 4. The predicted molar refractivity (Wildman–Crippen MR) is 70.1 cm³/mol. The minimum atomic E-state index is -0.0820. The number of nitrogens with zero attached hydrogens (tertiary/aromatic N) is 1. The third-order valence-corrected chi connectivity index (χ3v) is 3.34. The molecular weight excluding hydrogens is 230 g/mol. The summed E-state index contributed by atoms with van der Waals surface area (Å²) in [6, 6.07) is 5.56. The molecule has 0 amide bonds. The van der Waals surface area contributed by atoms with Crippen molar-refractivity contribution in [2.75, 3.05) is 0 Å². The van der Waals surface area contributed by atoms with Crippen molar-refractivity contribution >= 4 is 22.0 Å². The number of aromatic hydroxyl groups is 1. The minimum Gasteiger partial charge on any atom is -0.505 e. The van der Waals surface area contributed by atoms with Gasteiger partial charge in [-0.2, -0.15) is 0 Å². The standard InChI is InChI=1S/C14H11NO3/c1-7-6-18-14-8(2)12(15-17)13(16)10-5-3-4-9(7)11(10)14/h3-6,16H,1-2H3. The highest BCUT2D eigenvalue weighted by molar-refractivity contribution is 6.05. The monoisotopic (exact) mass is 241 g/mol. The molecule has 0 bridgehead atoms. The topological polar surface area (TPSA) is 58.9 Å². The van der Waals surface area contributed by atoms with Crippen LogP contribution in [0.15, 0.2) is 29.6 Å². The van der Waals surface area contributed by atoms with Gasteiger partial charge in [-0.15, -0.1) is 4.91 Å². The zero-order valence-corrected chi connectivity index (χ0v) is 10.0. The number of benzene rings is 2. The van der Waals surface area contributed by atoms with Crippen LogP contribution in [0.1, 0.15) is 18.1 Å². The molecule has 2 aromatic carbocycles. The number of nitroso groups, excluding NO2 is 1. The zero-order chi connectivity index (χ0) is 12.9. The van der Waals surface area contributed by atoms with Crippen LogP contribution in [0, 0.1) is 11.8 Å². The molecule has 1 aliphatic heterocycles.